The lowest BCUT2D eigenvalue weighted by atomic mass is 10.2. The highest BCUT2D eigenvalue weighted by Crippen LogP contribution is 2.32. The lowest BCUT2D eigenvalue weighted by Gasteiger charge is -2.07. The third kappa shape index (κ3) is 1.82. The highest BCUT2D eigenvalue weighted by Gasteiger charge is 2.15. The topological polar surface area (TPSA) is 45.5 Å². The van der Waals surface area contributed by atoms with E-state index in [4.69, 9.17) is 14.2 Å². The van der Waals surface area contributed by atoms with Crippen molar-refractivity contribution in [1.29, 1.82) is 0 Å². The van der Waals surface area contributed by atoms with E-state index in [-0.39, 0.29) is 0 Å². The SMILES string of the molecule is COCc1nc2c(OC)ccc(OC)c2n1C. The van der Waals surface area contributed by atoms with Crippen molar-refractivity contribution in [2.45, 2.75) is 6.61 Å². The Morgan fingerprint density at radius 2 is 1.76 bits per heavy atom. The van der Waals surface area contributed by atoms with Crippen molar-refractivity contribution < 1.29 is 14.2 Å². The van der Waals surface area contributed by atoms with E-state index in [1.54, 1.807) is 21.3 Å². The summed E-state index contributed by atoms with van der Waals surface area (Å²) in [6, 6.07) is 3.73. The lowest BCUT2D eigenvalue weighted by Crippen LogP contribution is -1.99. The van der Waals surface area contributed by atoms with Gasteiger partial charge in [0.25, 0.3) is 0 Å². The summed E-state index contributed by atoms with van der Waals surface area (Å²) in [5.41, 5.74) is 1.71. The van der Waals surface area contributed by atoms with Crippen LogP contribution in [0.2, 0.25) is 0 Å². The molecule has 0 bridgehead atoms. The normalized spacial score (nSPS) is 10.8. The smallest absolute Gasteiger partial charge is 0.146 e. The Balaban J connectivity index is 2.73. The van der Waals surface area contributed by atoms with Gasteiger partial charge in [0.1, 0.15) is 35.0 Å². The van der Waals surface area contributed by atoms with Crippen molar-refractivity contribution in [3.63, 3.8) is 0 Å². The predicted molar refractivity (Wildman–Crippen MR) is 64.5 cm³/mol. The monoisotopic (exact) mass is 236 g/mol. The zero-order chi connectivity index (χ0) is 12.4. The standard InChI is InChI=1S/C12H16N2O3/c1-14-10(7-15-2)13-11-8(16-3)5-6-9(17-4)12(11)14/h5-6H,7H2,1-4H3. The van der Waals surface area contributed by atoms with E-state index in [0.717, 1.165) is 28.4 Å². The lowest BCUT2D eigenvalue weighted by molar-refractivity contribution is 0.175. The summed E-state index contributed by atoms with van der Waals surface area (Å²) in [6.45, 7) is 0.456. The first-order valence-electron chi connectivity index (χ1n) is 5.28. The third-order valence-electron chi connectivity index (χ3n) is 2.75. The second kappa shape index (κ2) is 4.63. The molecule has 0 saturated carbocycles. The van der Waals surface area contributed by atoms with Crippen molar-refractivity contribution in [3.8, 4) is 11.5 Å². The Hall–Kier alpha value is -1.75. The first kappa shape index (κ1) is 11.7. The maximum atomic E-state index is 5.34. The average Bonchev–Trinajstić information content (AvgIpc) is 2.67. The van der Waals surface area contributed by atoms with Crippen LogP contribution in [0.3, 0.4) is 0 Å². The summed E-state index contributed by atoms with van der Waals surface area (Å²) in [7, 11) is 6.86. The molecule has 5 nitrogen and oxygen atoms in total. The molecular weight excluding hydrogens is 220 g/mol. The maximum Gasteiger partial charge on any atom is 0.146 e. The van der Waals surface area contributed by atoms with Gasteiger partial charge in [-0.2, -0.15) is 0 Å². The zero-order valence-electron chi connectivity index (χ0n) is 10.5. The summed E-state index contributed by atoms with van der Waals surface area (Å²) in [4.78, 5) is 4.51. The van der Waals surface area contributed by atoms with E-state index in [0.29, 0.717) is 6.61 Å². The predicted octanol–water partition coefficient (Wildman–Crippen LogP) is 1.74. The summed E-state index contributed by atoms with van der Waals surface area (Å²) in [5, 5.41) is 0. The Morgan fingerprint density at radius 1 is 1.12 bits per heavy atom. The minimum atomic E-state index is 0.456. The van der Waals surface area contributed by atoms with Crippen LogP contribution in [-0.2, 0) is 18.4 Å². The van der Waals surface area contributed by atoms with Crippen molar-refractivity contribution in [2.24, 2.45) is 7.05 Å². The molecule has 17 heavy (non-hydrogen) atoms. The number of aromatic nitrogens is 2. The molecule has 0 saturated heterocycles. The first-order valence-corrected chi connectivity index (χ1v) is 5.28. The van der Waals surface area contributed by atoms with Crippen LogP contribution in [0.15, 0.2) is 12.1 Å². The fourth-order valence-electron chi connectivity index (χ4n) is 1.90. The van der Waals surface area contributed by atoms with Crippen LogP contribution < -0.4 is 9.47 Å². The molecule has 1 heterocycles. The molecule has 1 aromatic heterocycles. The van der Waals surface area contributed by atoms with Gasteiger partial charge in [0, 0.05) is 14.2 Å². The quantitative estimate of drug-likeness (QED) is 0.811. The van der Waals surface area contributed by atoms with Gasteiger partial charge < -0.3 is 18.8 Å². The molecule has 0 aliphatic heterocycles. The van der Waals surface area contributed by atoms with Gasteiger partial charge in [0.2, 0.25) is 0 Å². The van der Waals surface area contributed by atoms with Crippen molar-refractivity contribution in [2.75, 3.05) is 21.3 Å². The summed E-state index contributed by atoms with van der Waals surface area (Å²) in [6.07, 6.45) is 0. The molecule has 0 N–H and O–H groups in total. The number of aryl methyl sites for hydroxylation is 1. The van der Waals surface area contributed by atoms with Crippen LogP contribution >= 0.6 is 0 Å². The van der Waals surface area contributed by atoms with Crippen LogP contribution in [0.4, 0.5) is 0 Å². The molecule has 0 fully saturated rings. The molecule has 0 aliphatic rings. The summed E-state index contributed by atoms with van der Waals surface area (Å²) in [5.74, 6) is 2.35. The van der Waals surface area contributed by atoms with Gasteiger partial charge in [0.05, 0.1) is 14.2 Å². The Labute approximate surface area is 99.9 Å². The van der Waals surface area contributed by atoms with Gasteiger partial charge >= 0.3 is 0 Å². The molecule has 0 spiro atoms. The number of rotatable bonds is 4. The van der Waals surface area contributed by atoms with Crippen LogP contribution in [-0.4, -0.2) is 30.9 Å². The van der Waals surface area contributed by atoms with E-state index >= 15 is 0 Å². The number of hydrogen-bond donors (Lipinski definition) is 0. The summed E-state index contributed by atoms with van der Waals surface area (Å²) >= 11 is 0. The Morgan fingerprint density at radius 3 is 2.35 bits per heavy atom. The molecule has 92 valence electrons. The molecule has 2 rings (SSSR count). The number of methoxy groups -OCH3 is 3. The molecule has 0 unspecified atom stereocenters. The van der Waals surface area contributed by atoms with E-state index < -0.39 is 0 Å². The van der Waals surface area contributed by atoms with E-state index in [2.05, 4.69) is 4.98 Å². The maximum absolute atomic E-state index is 5.34. The highest BCUT2D eigenvalue weighted by molar-refractivity contribution is 5.88. The molecule has 0 atom stereocenters. The fraction of sp³-hybridized carbons (Fsp3) is 0.417. The second-order valence-corrected chi connectivity index (χ2v) is 3.69. The Bertz CT molecular complexity index is 534. The average molecular weight is 236 g/mol. The molecule has 0 radical (unpaired) electrons. The van der Waals surface area contributed by atoms with Crippen molar-refractivity contribution in [1.82, 2.24) is 9.55 Å². The highest BCUT2D eigenvalue weighted by atomic mass is 16.5. The van der Waals surface area contributed by atoms with Crippen molar-refractivity contribution >= 4 is 11.0 Å². The van der Waals surface area contributed by atoms with Crippen LogP contribution in [0.25, 0.3) is 11.0 Å². The minimum Gasteiger partial charge on any atom is -0.494 e. The van der Waals surface area contributed by atoms with Crippen LogP contribution in [0.1, 0.15) is 5.82 Å². The number of benzene rings is 1. The van der Waals surface area contributed by atoms with Gasteiger partial charge in [-0.1, -0.05) is 0 Å². The number of imidazole rings is 1. The minimum absolute atomic E-state index is 0.456. The van der Waals surface area contributed by atoms with E-state index in [1.165, 1.54) is 0 Å². The third-order valence-corrected chi connectivity index (χ3v) is 2.75. The van der Waals surface area contributed by atoms with Gasteiger partial charge in [-0.05, 0) is 12.1 Å². The van der Waals surface area contributed by atoms with E-state index in [1.807, 2.05) is 23.7 Å². The number of nitrogens with zero attached hydrogens (tertiary/aromatic N) is 2. The molecule has 0 aliphatic carbocycles. The second-order valence-electron chi connectivity index (χ2n) is 3.69. The van der Waals surface area contributed by atoms with Gasteiger partial charge in [-0.3, -0.25) is 0 Å². The molecule has 2 aromatic rings. The van der Waals surface area contributed by atoms with Crippen LogP contribution in [0.5, 0.6) is 11.5 Å². The van der Waals surface area contributed by atoms with Gasteiger partial charge in [-0.15, -0.1) is 0 Å². The molecule has 1 aromatic carbocycles. The van der Waals surface area contributed by atoms with E-state index in [9.17, 15) is 0 Å². The number of hydrogen-bond acceptors (Lipinski definition) is 4. The van der Waals surface area contributed by atoms with Gasteiger partial charge in [0.15, 0.2) is 0 Å². The number of ether oxygens (including phenoxy) is 3. The first-order chi connectivity index (χ1) is 8.22. The molecule has 0 amide bonds. The number of fused-ring (bicyclic) bond motifs is 1. The molecular formula is C12H16N2O3. The van der Waals surface area contributed by atoms with Crippen LogP contribution in [0, 0.1) is 0 Å². The Kier molecular flexibility index (Phi) is 3.19. The van der Waals surface area contributed by atoms with Crippen molar-refractivity contribution in [3.05, 3.63) is 18.0 Å². The molecule has 5 heteroatoms. The zero-order valence-corrected chi connectivity index (χ0v) is 10.5. The van der Waals surface area contributed by atoms with Gasteiger partial charge in [-0.25, -0.2) is 4.98 Å². The summed E-state index contributed by atoms with van der Waals surface area (Å²) < 4.78 is 17.7. The largest absolute Gasteiger partial charge is 0.494 e. The fourth-order valence-corrected chi connectivity index (χ4v) is 1.90.